The van der Waals surface area contributed by atoms with Crippen molar-refractivity contribution >= 4 is 44.0 Å². The molecule has 0 saturated carbocycles. The molecule has 6 nitrogen and oxygen atoms in total. The number of hydrogen-bond donors (Lipinski definition) is 0. The number of sulfone groups is 1. The van der Waals surface area contributed by atoms with Gasteiger partial charge in [0.2, 0.25) is 9.84 Å². The second-order valence-corrected chi connectivity index (χ2v) is 19.8. The average molecular weight is 891 g/mol. The van der Waals surface area contributed by atoms with Gasteiger partial charge in [-0.3, -0.25) is 0 Å². The van der Waals surface area contributed by atoms with Crippen molar-refractivity contribution in [3.05, 3.63) is 212 Å². The van der Waals surface area contributed by atoms with Crippen molar-refractivity contribution in [2.45, 2.75) is 81.6 Å². The van der Waals surface area contributed by atoms with E-state index >= 15 is 0 Å². The minimum Gasteiger partial charge on any atom is -0.488 e. The minimum absolute atomic E-state index is 0.0228. The molecular weight excluding hydrogens is 833 g/mol. The fourth-order valence-corrected chi connectivity index (χ4v) is 9.46. The zero-order chi connectivity index (χ0) is 46.3. The quantitative estimate of drug-likeness (QED) is 0.0908. The lowest BCUT2D eigenvalue weighted by Crippen LogP contribution is -2.27. The van der Waals surface area contributed by atoms with Crippen LogP contribution in [-0.2, 0) is 15.3 Å². The van der Waals surface area contributed by atoms with Crippen LogP contribution in [0.25, 0.3) is 11.1 Å². The highest BCUT2D eigenvalue weighted by Crippen LogP contribution is 2.40. The molecule has 0 bridgehead atoms. The van der Waals surface area contributed by atoms with Gasteiger partial charge in [-0.25, -0.2) is 8.42 Å². The number of rotatable bonds is 17. The summed E-state index contributed by atoms with van der Waals surface area (Å²) in [7, 11) is -3.68. The van der Waals surface area contributed by atoms with Gasteiger partial charge in [0.25, 0.3) is 0 Å². The third-order valence-electron chi connectivity index (χ3n) is 12.2. The Balaban J connectivity index is 0.980. The molecule has 0 N–H and O–H groups in total. The van der Waals surface area contributed by atoms with Crippen molar-refractivity contribution < 1.29 is 17.9 Å². The van der Waals surface area contributed by atoms with Crippen LogP contribution >= 0.6 is 0 Å². The fraction of sp³-hybridized carbons (Fsp3) is 0.186. The molecule has 0 heterocycles. The largest absolute Gasteiger partial charge is 0.488 e. The molecule has 0 amide bonds. The van der Waals surface area contributed by atoms with E-state index in [4.69, 9.17) is 9.47 Å². The molecule has 0 aliphatic carbocycles. The molecule has 0 spiro atoms. The molecule has 8 aromatic carbocycles. The summed E-state index contributed by atoms with van der Waals surface area (Å²) in [5.74, 6) is 2.05. The van der Waals surface area contributed by atoms with Gasteiger partial charge in [0, 0.05) is 34.1 Å². The molecule has 0 atom stereocenters. The molecule has 0 radical (unpaired) electrons. The van der Waals surface area contributed by atoms with Gasteiger partial charge < -0.3 is 19.3 Å². The van der Waals surface area contributed by atoms with Crippen LogP contribution in [0.2, 0.25) is 0 Å². The lowest BCUT2D eigenvalue weighted by molar-refractivity contribution is 0.0986. The van der Waals surface area contributed by atoms with E-state index in [-0.39, 0.29) is 20.8 Å². The molecular formula is C59H58N2O4S. The fourth-order valence-electron chi connectivity index (χ4n) is 8.20. The maximum atomic E-state index is 13.5. The molecule has 7 heteroatoms. The first kappa shape index (κ1) is 45.5. The highest BCUT2D eigenvalue weighted by molar-refractivity contribution is 7.91. The van der Waals surface area contributed by atoms with Gasteiger partial charge in [-0.15, -0.1) is 0 Å². The van der Waals surface area contributed by atoms with Crippen molar-refractivity contribution in [1.82, 2.24) is 0 Å². The molecule has 0 aromatic heterocycles. The van der Waals surface area contributed by atoms with Crippen LogP contribution in [0, 0.1) is 0 Å². The molecule has 0 unspecified atom stereocenters. The Morgan fingerprint density at radius 3 is 1.17 bits per heavy atom. The first-order valence-corrected chi connectivity index (χ1v) is 24.3. The Kier molecular flexibility index (Phi) is 13.5. The van der Waals surface area contributed by atoms with Crippen molar-refractivity contribution in [3.63, 3.8) is 0 Å². The van der Waals surface area contributed by atoms with E-state index in [1.165, 1.54) is 0 Å². The molecule has 0 fully saturated rings. The summed E-state index contributed by atoms with van der Waals surface area (Å²) in [6.45, 7) is 12.9. The first-order valence-electron chi connectivity index (χ1n) is 22.8. The monoisotopic (exact) mass is 890 g/mol. The van der Waals surface area contributed by atoms with E-state index in [0.717, 1.165) is 75.8 Å². The summed E-state index contributed by atoms with van der Waals surface area (Å²) >= 11 is 0. The van der Waals surface area contributed by atoms with Gasteiger partial charge in [0.15, 0.2) is 0 Å². The number of benzene rings is 8. The Bertz CT molecular complexity index is 2920. The Labute approximate surface area is 391 Å². The van der Waals surface area contributed by atoms with Crippen LogP contribution in [0.5, 0.6) is 17.2 Å². The van der Waals surface area contributed by atoms with E-state index in [2.05, 4.69) is 161 Å². The lowest BCUT2D eigenvalue weighted by atomic mass is 9.82. The van der Waals surface area contributed by atoms with Crippen molar-refractivity contribution in [2.75, 3.05) is 9.80 Å². The molecule has 334 valence electrons. The summed E-state index contributed by atoms with van der Waals surface area (Å²) in [5.41, 5.74) is 9.27. The smallest absolute Gasteiger partial charge is 0.206 e. The standard InChI is InChI=1S/C59H58N2O4S/c1-7-43-59(5,6)65-55-35-31-52(32-36-55)61(48-17-13-10-14-18-48)50-27-21-45(22-28-50)44-19-25-49(26-20-44)60(47-15-11-9-12-16-47)51-29-33-53(34-30-51)64-54-37-41-57(42-38-54)66(62,63)56-39-23-46(24-40-56)58(3,4)8-2/h9-42H,7-8,43H2,1-6H3. The van der Waals surface area contributed by atoms with Gasteiger partial charge in [0.1, 0.15) is 22.8 Å². The van der Waals surface area contributed by atoms with Crippen molar-refractivity contribution in [2.24, 2.45) is 0 Å². The Morgan fingerprint density at radius 1 is 0.424 bits per heavy atom. The molecule has 0 saturated heterocycles. The van der Waals surface area contributed by atoms with E-state index in [0.29, 0.717) is 11.5 Å². The van der Waals surface area contributed by atoms with Crippen LogP contribution in [-0.4, -0.2) is 14.0 Å². The van der Waals surface area contributed by atoms with Crippen LogP contribution in [0.1, 0.15) is 66.4 Å². The average Bonchev–Trinajstić information content (AvgIpc) is 3.34. The van der Waals surface area contributed by atoms with E-state index in [1.807, 2.05) is 60.7 Å². The predicted octanol–water partition coefficient (Wildman–Crippen LogP) is 16.6. The molecule has 66 heavy (non-hydrogen) atoms. The van der Waals surface area contributed by atoms with Gasteiger partial charge in [-0.1, -0.05) is 107 Å². The topological polar surface area (TPSA) is 59.1 Å². The molecule has 0 aliphatic heterocycles. The summed E-state index contributed by atoms with van der Waals surface area (Å²) in [6.07, 6.45) is 3.02. The first-order chi connectivity index (χ1) is 31.8. The molecule has 0 aliphatic rings. The predicted molar refractivity (Wildman–Crippen MR) is 273 cm³/mol. The minimum atomic E-state index is -3.68. The maximum Gasteiger partial charge on any atom is 0.206 e. The third kappa shape index (κ3) is 10.4. The van der Waals surface area contributed by atoms with Gasteiger partial charge >= 0.3 is 0 Å². The second kappa shape index (κ2) is 19.6. The summed E-state index contributed by atoms with van der Waals surface area (Å²) in [6, 6.07) is 68.2. The normalized spacial score (nSPS) is 11.8. The van der Waals surface area contributed by atoms with E-state index in [1.54, 1.807) is 36.4 Å². The van der Waals surface area contributed by atoms with E-state index < -0.39 is 9.84 Å². The number of nitrogens with zero attached hydrogens (tertiary/aromatic N) is 2. The van der Waals surface area contributed by atoms with Gasteiger partial charge in [-0.2, -0.15) is 0 Å². The van der Waals surface area contributed by atoms with Crippen LogP contribution < -0.4 is 19.3 Å². The Morgan fingerprint density at radius 2 is 0.773 bits per heavy atom. The van der Waals surface area contributed by atoms with Crippen LogP contribution in [0.15, 0.2) is 216 Å². The SMILES string of the molecule is CCCC(C)(C)Oc1ccc(N(c2ccccc2)c2ccc(-c3ccc(N(c4ccccc4)c4ccc(Oc5ccc(S(=O)(=O)c6ccc(C(C)(C)CC)cc6)cc5)cc4)cc3)cc2)cc1. The Hall–Kier alpha value is -7.09. The number of ether oxygens (including phenoxy) is 2. The summed E-state index contributed by atoms with van der Waals surface area (Å²) in [5, 5.41) is 0. The highest BCUT2D eigenvalue weighted by Gasteiger charge is 2.23. The van der Waals surface area contributed by atoms with Crippen molar-refractivity contribution in [3.8, 4) is 28.4 Å². The molecule has 8 aromatic rings. The van der Waals surface area contributed by atoms with Gasteiger partial charge in [-0.05, 0) is 182 Å². The van der Waals surface area contributed by atoms with Gasteiger partial charge in [0.05, 0.1) is 9.79 Å². The summed E-state index contributed by atoms with van der Waals surface area (Å²) in [4.78, 5) is 4.97. The number of para-hydroxylation sites is 2. The second-order valence-electron chi connectivity index (χ2n) is 17.9. The summed E-state index contributed by atoms with van der Waals surface area (Å²) < 4.78 is 39.5. The zero-order valence-electron chi connectivity index (χ0n) is 38.7. The lowest BCUT2D eigenvalue weighted by Gasteiger charge is -2.28. The highest BCUT2D eigenvalue weighted by atomic mass is 32.2. The number of hydrogen-bond acceptors (Lipinski definition) is 6. The van der Waals surface area contributed by atoms with E-state index in [9.17, 15) is 8.42 Å². The third-order valence-corrected chi connectivity index (χ3v) is 14.0. The van der Waals surface area contributed by atoms with Crippen LogP contribution in [0.4, 0.5) is 34.1 Å². The molecule has 8 rings (SSSR count). The van der Waals surface area contributed by atoms with Crippen molar-refractivity contribution in [1.29, 1.82) is 0 Å². The zero-order valence-corrected chi connectivity index (χ0v) is 39.5. The maximum absolute atomic E-state index is 13.5. The van der Waals surface area contributed by atoms with Crippen LogP contribution in [0.3, 0.4) is 0 Å². The number of anilines is 6.